The third-order valence-corrected chi connectivity index (χ3v) is 18.6. The maximum absolute atomic E-state index is 2.58. The lowest BCUT2D eigenvalue weighted by Crippen LogP contribution is -1.92. The number of fused-ring (bicyclic) bond motifs is 13. The van der Waals surface area contributed by atoms with Gasteiger partial charge in [0.25, 0.3) is 0 Å². The van der Waals surface area contributed by atoms with Gasteiger partial charge in [0, 0.05) is 0 Å². The fraction of sp³-hybridized carbons (Fsp3) is 0. The quantitative estimate of drug-likeness (QED) is 0.119. The van der Waals surface area contributed by atoms with Crippen molar-refractivity contribution in [1.29, 1.82) is 0 Å². The van der Waals surface area contributed by atoms with E-state index >= 15 is 0 Å². The molecule has 0 aliphatic heterocycles. The second-order valence-electron chi connectivity index (χ2n) is 22.4. The van der Waals surface area contributed by atoms with Crippen molar-refractivity contribution in [2.45, 2.75) is 0 Å². The number of rotatable bonds is 5. The molecule has 0 saturated heterocycles. The first-order valence-corrected chi connectivity index (χ1v) is 28.1. The van der Waals surface area contributed by atoms with Gasteiger partial charge in [-0.3, -0.25) is 0 Å². The second kappa shape index (κ2) is 15.6. The minimum absolute atomic E-state index is 1.21. The smallest absolute Gasteiger partial charge is 0.000718 e. The van der Waals surface area contributed by atoms with Crippen LogP contribution in [0.25, 0.3) is 196 Å². The summed E-state index contributed by atoms with van der Waals surface area (Å²) in [6.45, 7) is 0. The second-order valence-corrected chi connectivity index (χ2v) is 22.4. The molecule has 1 aliphatic carbocycles. The van der Waals surface area contributed by atoms with Gasteiger partial charge in [0.2, 0.25) is 0 Å². The van der Waals surface area contributed by atoms with Gasteiger partial charge in [0.05, 0.1) is 0 Å². The van der Waals surface area contributed by atoms with Gasteiger partial charge < -0.3 is 0 Å². The Labute approximate surface area is 460 Å². The SMILES string of the molecule is c1ccc(-c2ccccc2-c2ccc3c4cc5c(-c6ccccc6-c6ccccc6)c6c7ccc8c9ccc%10c%11c(ccc(c%12ccc(c6c(-c6ccccc6)c5cc4c4cccc2c43)c7c%128)c%119)-c2cc3ccccc3cc2-%10)cc1. The first-order chi connectivity index (χ1) is 39.7. The molecule has 18 aromatic carbocycles. The van der Waals surface area contributed by atoms with Gasteiger partial charge in [0.1, 0.15) is 0 Å². The first-order valence-electron chi connectivity index (χ1n) is 28.1. The lowest BCUT2D eigenvalue weighted by atomic mass is 9.83. The molecule has 0 spiro atoms. The monoisotopic (exact) mass is 1000 g/mol. The van der Waals surface area contributed by atoms with Gasteiger partial charge in [-0.15, -0.1) is 0 Å². The molecule has 0 fully saturated rings. The molecule has 364 valence electrons. The van der Waals surface area contributed by atoms with E-state index in [1.54, 1.807) is 0 Å². The molecule has 18 aromatic rings. The van der Waals surface area contributed by atoms with Crippen molar-refractivity contribution in [3.8, 4) is 77.9 Å². The zero-order valence-corrected chi connectivity index (χ0v) is 43.4. The van der Waals surface area contributed by atoms with E-state index in [0.29, 0.717) is 0 Å². The third-order valence-electron chi connectivity index (χ3n) is 18.6. The summed E-state index contributed by atoms with van der Waals surface area (Å²) >= 11 is 0. The van der Waals surface area contributed by atoms with Crippen LogP contribution in [0.5, 0.6) is 0 Å². The maximum atomic E-state index is 2.58. The van der Waals surface area contributed by atoms with E-state index in [0.717, 1.165) is 0 Å². The fourth-order valence-electron chi connectivity index (χ4n) is 15.4. The van der Waals surface area contributed by atoms with Crippen LogP contribution in [0.1, 0.15) is 0 Å². The lowest BCUT2D eigenvalue weighted by molar-refractivity contribution is 1.60. The molecule has 0 amide bonds. The highest BCUT2D eigenvalue weighted by Gasteiger charge is 2.30. The molecule has 0 saturated carbocycles. The van der Waals surface area contributed by atoms with Crippen LogP contribution in [0.4, 0.5) is 0 Å². The van der Waals surface area contributed by atoms with Crippen LogP contribution < -0.4 is 0 Å². The standard InChI is InChI=1S/C80H44/c1-4-17-45(18-5-1)50-25-12-14-27-52(50)53-31-32-61-69-44-71-70(43-68(69)56-30-16-29-55(53)73(56)61)72(47-21-8-3-9-22-47)79-64-39-37-59-57-33-35-62-66-41-48-23-10-11-24-49(48)42-67(66)63-36-34-58(74(57)76(62)63)60-38-40-65(78(64)75(59)60)80(79)77(71)54-28-15-13-26-51(54)46-19-6-2-7-20-46/h1-44H. The zero-order chi connectivity index (χ0) is 51.9. The molecule has 0 unspecified atom stereocenters. The molecule has 0 nitrogen and oxygen atoms in total. The van der Waals surface area contributed by atoms with E-state index in [-0.39, 0.29) is 0 Å². The van der Waals surface area contributed by atoms with Crippen LogP contribution in [0.15, 0.2) is 267 Å². The zero-order valence-electron chi connectivity index (χ0n) is 43.4. The fourth-order valence-corrected chi connectivity index (χ4v) is 15.4. The van der Waals surface area contributed by atoms with Gasteiger partial charge >= 0.3 is 0 Å². The summed E-state index contributed by atoms with van der Waals surface area (Å²) in [5, 5.41) is 28.8. The molecule has 0 heteroatoms. The van der Waals surface area contributed by atoms with Crippen molar-refractivity contribution in [3.05, 3.63) is 267 Å². The number of hydrogen-bond acceptors (Lipinski definition) is 0. The van der Waals surface area contributed by atoms with Crippen LogP contribution in [0, 0.1) is 0 Å². The normalized spacial score (nSPS) is 12.5. The summed E-state index contributed by atoms with van der Waals surface area (Å²) < 4.78 is 0. The van der Waals surface area contributed by atoms with Gasteiger partial charge in [-0.1, -0.05) is 243 Å². The molecule has 0 N–H and O–H groups in total. The Morgan fingerprint density at radius 2 is 0.525 bits per heavy atom. The van der Waals surface area contributed by atoms with Gasteiger partial charge in [-0.2, -0.15) is 0 Å². The van der Waals surface area contributed by atoms with Crippen molar-refractivity contribution in [2.75, 3.05) is 0 Å². The van der Waals surface area contributed by atoms with Crippen molar-refractivity contribution in [3.63, 3.8) is 0 Å². The molecular formula is C80H44. The summed E-state index contributed by atoms with van der Waals surface area (Å²) in [6, 6.07) is 101. The van der Waals surface area contributed by atoms with Crippen LogP contribution >= 0.6 is 0 Å². The van der Waals surface area contributed by atoms with Crippen molar-refractivity contribution >= 4 is 118 Å². The number of hydrogen-bond donors (Lipinski definition) is 0. The van der Waals surface area contributed by atoms with E-state index in [4.69, 9.17) is 0 Å². The Bertz CT molecular complexity index is 5580. The minimum atomic E-state index is 1.21. The first kappa shape index (κ1) is 42.7. The Morgan fingerprint density at radius 3 is 1.11 bits per heavy atom. The van der Waals surface area contributed by atoms with E-state index in [2.05, 4.69) is 267 Å². The highest BCUT2D eigenvalue weighted by Crippen LogP contribution is 2.58. The third kappa shape index (κ3) is 5.49. The molecule has 19 rings (SSSR count). The Kier molecular flexibility index (Phi) is 8.34. The molecule has 0 atom stereocenters. The summed E-state index contributed by atoms with van der Waals surface area (Å²) in [7, 11) is 0. The number of benzene rings is 16. The Hall–Kier alpha value is -10.4. The topological polar surface area (TPSA) is 0 Å². The predicted octanol–water partition coefficient (Wildman–Crippen LogP) is 22.7. The molecular weight excluding hydrogens is 961 g/mol. The Balaban J connectivity index is 0.966. The minimum Gasteiger partial charge on any atom is -0.0622 e. The average molecular weight is 1010 g/mol. The largest absolute Gasteiger partial charge is 0.0622 e. The predicted molar refractivity (Wildman–Crippen MR) is 344 cm³/mol. The lowest BCUT2D eigenvalue weighted by Gasteiger charge is -2.19. The molecule has 0 aromatic heterocycles. The van der Waals surface area contributed by atoms with Crippen LogP contribution in [-0.2, 0) is 0 Å². The summed E-state index contributed by atoms with van der Waals surface area (Å²) in [5.41, 5.74) is 17.8. The van der Waals surface area contributed by atoms with Crippen LogP contribution in [0.2, 0.25) is 0 Å². The van der Waals surface area contributed by atoms with Crippen LogP contribution in [-0.4, -0.2) is 0 Å². The summed E-state index contributed by atoms with van der Waals surface area (Å²) in [4.78, 5) is 0. The van der Waals surface area contributed by atoms with E-state index in [1.807, 2.05) is 0 Å². The molecule has 0 radical (unpaired) electrons. The van der Waals surface area contributed by atoms with Gasteiger partial charge in [0.15, 0.2) is 0 Å². The van der Waals surface area contributed by atoms with Crippen molar-refractivity contribution in [2.24, 2.45) is 0 Å². The summed E-state index contributed by atoms with van der Waals surface area (Å²) in [5.74, 6) is 0. The van der Waals surface area contributed by atoms with Gasteiger partial charge in [-0.05, 0) is 221 Å². The average Bonchev–Trinajstić information content (AvgIpc) is 3.62. The molecule has 0 bridgehead atoms. The maximum Gasteiger partial charge on any atom is -0.000718 e. The molecule has 0 heterocycles. The van der Waals surface area contributed by atoms with Crippen molar-refractivity contribution in [1.82, 2.24) is 0 Å². The van der Waals surface area contributed by atoms with E-state index < -0.39 is 0 Å². The molecule has 1 aliphatic rings. The van der Waals surface area contributed by atoms with Gasteiger partial charge in [-0.25, -0.2) is 0 Å². The highest BCUT2D eigenvalue weighted by atomic mass is 14.3. The van der Waals surface area contributed by atoms with E-state index in [1.165, 1.54) is 196 Å². The van der Waals surface area contributed by atoms with E-state index in [9.17, 15) is 0 Å². The molecule has 80 heavy (non-hydrogen) atoms. The highest BCUT2D eigenvalue weighted by molar-refractivity contribution is 6.48. The van der Waals surface area contributed by atoms with Crippen molar-refractivity contribution < 1.29 is 0 Å². The summed E-state index contributed by atoms with van der Waals surface area (Å²) in [6.07, 6.45) is 0. The Morgan fingerprint density at radius 1 is 0.138 bits per heavy atom. The van der Waals surface area contributed by atoms with Crippen LogP contribution in [0.3, 0.4) is 0 Å².